The van der Waals surface area contributed by atoms with E-state index in [0.29, 0.717) is 17.7 Å². The first-order valence-electron chi connectivity index (χ1n) is 10.4. The third-order valence-electron chi connectivity index (χ3n) is 3.92. The molecule has 0 saturated heterocycles. The van der Waals surface area contributed by atoms with Gasteiger partial charge in [-0.1, -0.05) is 25.6 Å². The molecule has 2 atom stereocenters. The van der Waals surface area contributed by atoms with Gasteiger partial charge in [-0.05, 0) is 19.3 Å². The number of amides is 3. The second kappa shape index (κ2) is 16.2. The molecular weight excluding hydrogens is 442 g/mol. The normalized spacial score (nSPS) is 12.3. The van der Waals surface area contributed by atoms with Crippen molar-refractivity contribution >= 4 is 46.5 Å². The lowest BCUT2D eigenvalue weighted by atomic mass is 10.1. The molecule has 0 aromatic carbocycles. The molecule has 0 fully saturated rings. The number of nitrogens with zero attached hydrogens (tertiary/aromatic N) is 1. The van der Waals surface area contributed by atoms with E-state index in [1.807, 2.05) is 6.92 Å². The molecule has 11 nitrogen and oxygen atoms in total. The van der Waals surface area contributed by atoms with Gasteiger partial charge in [0.15, 0.2) is 5.12 Å². The Morgan fingerprint density at radius 2 is 1.59 bits per heavy atom. The maximum atomic E-state index is 12.9. The first-order valence-corrected chi connectivity index (χ1v) is 11.3. The van der Waals surface area contributed by atoms with Crippen molar-refractivity contribution in [3.05, 3.63) is 0 Å². The number of ether oxygens (including phenoxy) is 2. The maximum Gasteiger partial charge on any atom is 0.326 e. The Labute approximate surface area is 192 Å². The summed E-state index contributed by atoms with van der Waals surface area (Å²) in [4.78, 5) is 72.7. The van der Waals surface area contributed by atoms with Gasteiger partial charge >= 0.3 is 11.9 Å². The van der Waals surface area contributed by atoms with Crippen LogP contribution in [-0.4, -0.2) is 77.3 Å². The summed E-state index contributed by atoms with van der Waals surface area (Å²) in [6.45, 7) is 5.76. The molecule has 0 heterocycles. The van der Waals surface area contributed by atoms with Gasteiger partial charge in [0.2, 0.25) is 11.8 Å². The van der Waals surface area contributed by atoms with Crippen molar-refractivity contribution < 1.29 is 38.2 Å². The lowest BCUT2D eigenvalue weighted by Gasteiger charge is -2.24. The lowest BCUT2D eigenvalue weighted by Crippen LogP contribution is -2.53. The van der Waals surface area contributed by atoms with Crippen molar-refractivity contribution in [2.45, 2.75) is 65.5 Å². The first kappa shape index (κ1) is 29.5. The minimum Gasteiger partial charge on any atom is -0.465 e. The highest BCUT2D eigenvalue weighted by Gasteiger charge is 2.31. The van der Waals surface area contributed by atoms with Crippen LogP contribution in [0.4, 0.5) is 0 Å². The highest BCUT2D eigenvalue weighted by Crippen LogP contribution is 2.09. The second-order valence-electron chi connectivity index (χ2n) is 6.90. The van der Waals surface area contributed by atoms with Gasteiger partial charge in [0.1, 0.15) is 18.6 Å². The Morgan fingerprint density at radius 1 is 1.00 bits per heavy atom. The summed E-state index contributed by atoms with van der Waals surface area (Å²) < 4.78 is 9.82. The molecular formula is C20H33N3O8S. The summed E-state index contributed by atoms with van der Waals surface area (Å²) in [7, 11) is 0. The van der Waals surface area contributed by atoms with Gasteiger partial charge < -0.3 is 20.5 Å². The number of thioether (sulfide) groups is 1. The predicted molar refractivity (Wildman–Crippen MR) is 117 cm³/mol. The number of carbonyl (C=O) groups is 6. The molecule has 0 saturated carbocycles. The van der Waals surface area contributed by atoms with Crippen LogP contribution in [0.3, 0.4) is 0 Å². The van der Waals surface area contributed by atoms with Crippen LogP contribution in [0, 0.1) is 0 Å². The van der Waals surface area contributed by atoms with Crippen molar-refractivity contribution in [1.82, 2.24) is 10.2 Å². The molecule has 0 aliphatic rings. The Balaban J connectivity index is 5.15. The molecule has 3 N–H and O–H groups in total. The molecule has 0 aromatic rings. The molecule has 182 valence electrons. The molecule has 0 aliphatic heterocycles. The zero-order valence-electron chi connectivity index (χ0n) is 19.0. The van der Waals surface area contributed by atoms with E-state index in [9.17, 15) is 28.8 Å². The fourth-order valence-corrected chi connectivity index (χ4v) is 2.91. The number of imide groups is 1. The van der Waals surface area contributed by atoms with Crippen LogP contribution >= 0.6 is 11.8 Å². The number of esters is 2. The van der Waals surface area contributed by atoms with Crippen LogP contribution < -0.4 is 11.1 Å². The second-order valence-corrected chi connectivity index (χ2v) is 8.10. The smallest absolute Gasteiger partial charge is 0.326 e. The number of hydrogen-bond donors (Lipinski definition) is 2. The molecule has 0 bridgehead atoms. The van der Waals surface area contributed by atoms with Crippen LogP contribution in [0.2, 0.25) is 0 Å². The van der Waals surface area contributed by atoms with Crippen LogP contribution in [-0.2, 0) is 38.2 Å². The molecule has 0 rings (SSSR count). The molecule has 2 unspecified atom stereocenters. The number of nitrogens with one attached hydrogen (secondary N) is 1. The number of rotatable bonds is 14. The quantitative estimate of drug-likeness (QED) is 0.330. The van der Waals surface area contributed by atoms with E-state index in [-0.39, 0.29) is 36.9 Å². The third-order valence-corrected chi connectivity index (χ3v) is 4.83. The monoisotopic (exact) mass is 475 g/mol. The molecule has 0 aromatic heterocycles. The average Bonchev–Trinajstić information content (AvgIpc) is 2.74. The van der Waals surface area contributed by atoms with Crippen LogP contribution in [0.15, 0.2) is 0 Å². The summed E-state index contributed by atoms with van der Waals surface area (Å²) in [6.07, 6.45) is 1.00. The van der Waals surface area contributed by atoms with Crippen molar-refractivity contribution in [2.75, 3.05) is 25.5 Å². The minimum atomic E-state index is -1.25. The summed E-state index contributed by atoms with van der Waals surface area (Å²) in [5, 5.41) is 2.15. The average molecular weight is 476 g/mol. The Hall–Kier alpha value is -2.47. The number of nitrogens with two attached hydrogens (primary N) is 1. The predicted octanol–water partition coefficient (Wildman–Crippen LogP) is 0.140. The highest BCUT2D eigenvalue weighted by atomic mass is 32.2. The molecule has 32 heavy (non-hydrogen) atoms. The van der Waals surface area contributed by atoms with E-state index in [2.05, 4.69) is 5.32 Å². The van der Waals surface area contributed by atoms with E-state index in [1.165, 1.54) is 6.92 Å². The highest BCUT2D eigenvalue weighted by molar-refractivity contribution is 8.13. The van der Waals surface area contributed by atoms with Crippen molar-refractivity contribution in [3.8, 4) is 0 Å². The fraction of sp³-hybridized carbons (Fsp3) is 0.700. The van der Waals surface area contributed by atoms with E-state index >= 15 is 0 Å². The Morgan fingerprint density at radius 3 is 2.12 bits per heavy atom. The third kappa shape index (κ3) is 12.4. The topological polar surface area (TPSA) is 162 Å². The van der Waals surface area contributed by atoms with E-state index < -0.39 is 48.3 Å². The number of carbonyl (C=O) groups excluding carboxylic acids is 6. The van der Waals surface area contributed by atoms with E-state index in [1.54, 1.807) is 6.92 Å². The van der Waals surface area contributed by atoms with Gasteiger partial charge in [-0.3, -0.25) is 33.7 Å². The van der Waals surface area contributed by atoms with Gasteiger partial charge in [0.25, 0.3) is 5.91 Å². The summed E-state index contributed by atoms with van der Waals surface area (Å²) in [5.74, 6) is -3.71. The van der Waals surface area contributed by atoms with Gasteiger partial charge in [-0.15, -0.1) is 0 Å². The van der Waals surface area contributed by atoms with E-state index in [0.717, 1.165) is 18.7 Å². The van der Waals surface area contributed by atoms with Gasteiger partial charge in [0.05, 0.1) is 13.2 Å². The zero-order valence-corrected chi connectivity index (χ0v) is 19.8. The van der Waals surface area contributed by atoms with Crippen LogP contribution in [0.5, 0.6) is 0 Å². The first-order chi connectivity index (χ1) is 15.0. The van der Waals surface area contributed by atoms with Crippen LogP contribution in [0.25, 0.3) is 0 Å². The van der Waals surface area contributed by atoms with Gasteiger partial charge in [-0.25, -0.2) is 0 Å². The summed E-state index contributed by atoms with van der Waals surface area (Å²) >= 11 is 0.783. The standard InChI is InChI=1S/C20H33N3O8S/c1-5-9-30-18(27)11-23(13(3)24)19(28)16(12-32-14(4)25)22-17(26)8-7-15(21)20(29)31-10-6-2/h15-16H,5-12,21H2,1-4H3,(H,22,26). The van der Waals surface area contributed by atoms with Crippen molar-refractivity contribution in [3.63, 3.8) is 0 Å². The summed E-state index contributed by atoms with van der Waals surface area (Å²) in [5.41, 5.74) is 5.70. The maximum absolute atomic E-state index is 12.9. The molecule has 3 amide bonds. The zero-order chi connectivity index (χ0) is 24.7. The summed E-state index contributed by atoms with van der Waals surface area (Å²) in [6, 6.07) is -2.25. The minimum absolute atomic E-state index is 0.0189. The number of hydrogen-bond acceptors (Lipinski definition) is 10. The lowest BCUT2D eigenvalue weighted by molar-refractivity contribution is -0.155. The molecule has 0 radical (unpaired) electrons. The van der Waals surface area contributed by atoms with Gasteiger partial charge in [0, 0.05) is 26.0 Å². The van der Waals surface area contributed by atoms with E-state index in [4.69, 9.17) is 15.2 Å². The molecule has 0 spiro atoms. The fourth-order valence-electron chi connectivity index (χ4n) is 2.28. The largest absolute Gasteiger partial charge is 0.465 e. The molecule has 0 aliphatic carbocycles. The van der Waals surface area contributed by atoms with Crippen LogP contribution in [0.1, 0.15) is 53.4 Å². The Kier molecular flexibility index (Phi) is 15.0. The van der Waals surface area contributed by atoms with Crippen molar-refractivity contribution in [2.24, 2.45) is 5.73 Å². The molecule has 12 heteroatoms. The van der Waals surface area contributed by atoms with Gasteiger partial charge in [-0.2, -0.15) is 0 Å². The Bertz CT molecular complexity index is 686. The van der Waals surface area contributed by atoms with Crippen molar-refractivity contribution in [1.29, 1.82) is 0 Å². The SMILES string of the molecule is CCCOC(=O)CN(C(C)=O)C(=O)C(CSC(C)=O)NC(=O)CCC(N)C(=O)OCCC.